The lowest BCUT2D eigenvalue weighted by Crippen LogP contribution is -2.35. The Bertz CT molecular complexity index is 478. The van der Waals surface area contributed by atoms with Crippen LogP contribution in [0.4, 0.5) is 0 Å². The summed E-state index contributed by atoms with van der Waals surface area (Å²) in [6.45, 7) is 3.40. The van der Waals surface area contributed by atoms with Gasteiger partial charge in [0, 0.05) is 16.0 Å². The monoisotopic (exact) mass is 331 g/mol. The summed E-state index contributed by atoms with van der Waals surface area (Å²) in [6, 6.07) is 3.53. The van der Waals surface area contributed by atoms with Gasteiger partial charge in [0.25, 0.3) is 0 Å². The molecule has 18 heavy (non-hydrogen) atoms. The summed E-state index contributed by atoms with van der Waals surface area (Å²) in [4.78, 5) is 13.1. The molecule has 0 radical (unpaired) electrons. The summed E-state index contributed by atoms with van der Waals surface area (Å²) in [7, 11) is 0. The molecule has 1 unspecified atom stereocenters. The van der Waals surface area contributed by atoms with Crippen LogP contribution >= 0.6 is 27.5 Å². The normalized spacial score (nSPS) is 20.3. The Morgan fingerprint density at radius 3 is 3.00 bits per heavy atom. The van der Waals surface area contributed by atoms with E-state index in [0.717, 1.165) is 40.0 Å². The Balaban J connectivity index is 2.19. The molecule has 1 fully saturated rings. The molecule has 0 aliphatic carbocycles. The molecule has 1 heterocycles. The predicted molar refractivity (Wildman–Crippen MR) is 75.0 cm³/mol. The van der Waals surface area contributed by atoms with Crippen LogP contribution < -0.4 is 0 Å². The van der Waals surface area contributed by atoms with Crippen molar-refractivity contribution in [1.82, 2.24) is 4.90 Å². The third kappa shape index (κ3) is 2.87. The Kier molecular flexibility index (Phi) is 4.30. The number of halogens is 2. The second-order valence-corrected chi connectivity index (χ2v) is 5.92. The van der Waals surface area contributed by atoms with Crippen LogP contribution in [0.2, 0.25) is 5.02 Å². The van der Waals surface area contributed by atoms with Gasteiger partial charge in [-0.15, -0.1) is 0 Å². The highest BCUT2D eigenvalue weighted by atomic mass is 79.9. The number of hydrogen-bond donors (Lipinski definition) is 1. The minimum Gasteiger partial charge on any atom is -0.480 e. The first-order valence-corrected chi connectivity index (χ1v) is 7.07. The lowest BCUT2D eigenvalue weighted by atomic mass is 10.1. The number of hydrogen-bond acceptors (Lipinski definition) is 2. The Hall–Kier alpha value is -0.580. The van der Waals surface area contributed by atoms with Gasteiger partial charge in [-0.05, 0) is 49.6 Å². The summed E-state index contributed by atoms with van der Waals surface area (Å²) in [5, 5.41) is 9.87. The molecule has 0 amide bonds. The number of likely N-dealkylation sites (tertiary alicyclic amines) is 1. The number of nitrogens with zero attached hydrogens (tertiary/aromatic N) is 1. The smallest absolute Gasteiger partial charge is 0.320 e. The number of carboxylic acid groups (broad SMARTS) is 1. The fourth-order valence-electron chi connectivity index (χ4n) is 2.32. The van der Waals surface area contributed by atoms with Crippen LogP contribution in [0.3, 0.4) is 0 Å². The summed E-state index contributed by atoms with van der Waals surface area (Å²) >= 11 is 9.63. The van der Waals surface area contributed by atoms with Gasteiger partial charge in [0.15, 0.2) is 0 Å². The fraction of sp³-hybridized carbons (Fsp3) is 0.462. The fourth-order valence-corrected chi connectivity index (χ4v) is 3.09. The summed E-state index contributed by atoms with van der Waals surface area (Å²) in [6.07, 6.45) is 1.67. The molecule has 0 spiro atoms. The molecule has 98 valence electrons. The molecule has 3 nitrogen and oxygen atoms in total. The zero-order valence-corrected chi connectivity index (χ0v) is 12.5. The molecular weight excluding hydrogens is 318 g/mol. The summed E-state index contributed by atoms with van der Waals surface area (Å²) in [5.41, 5.74) is 2.06. The van der Waals surface area contributed by atoms with Crippen LogP contribution in [0.5, 0.6) is 0 Å². The molecule has 1 N–H and O–H groups in total. The molecule has 2 rings (SSSR count). The van der Waals surface area contributed by atoms with Crippen LogP contribution in [-0.4, -0.2) is 28.6 Å². The zero-order chi connectivity index (χ0) is 13.3. The third-order valence-electron chi connectivity index (χ3n) is 3.35. The first-order chi connectivity index (χ1) is 8.49. The van der Waals surface area contributed by atoms with Gasteiger partial charge in [-0.2, -0.15) is 0 Å². The van der Waals surface area contributed by atoms with Gasteiger partial charge in [0.1, 0.15) is 6.04 Å². The summed E-state index contributed by atoms with van der Waals surface area (Å²) < 4.78 is 0.987. The second-order valence-electron chi connectivity index (χ2n) is 4.66. The molecule has 0 saturated carbocycles. The van der Waals surface area contributed by atoms with Crippen LogP contribution in [0, 0.1) is 6.92 Å². The lowest BCUT2D eigenvalue weighted by Gasteiger charge is -2.22. The highest BCUT2D eigenvalue weighted by Gasteiger charge is 2.30. The largest absolute Gasteiger partial charge is 0.480 e. The average Bonchev–Trinajstić information content (AvgIpc) is 2.74. The van der Waals surface area contributed by atoms with E-state index in [4.69, 9.17) is 16.7 Å². The van der Waals surface area contributed by atoms with Crippen molar-refractivity contribution in [3.05, 3.63) is 32.8 Å². The van der Waals surface area contributed by atoms with Gasteiger partial charge < -0.3 is 5.11 Å². The number of aryl methyl sites for hydroxylation is 1. The molecule has 5 heteroatoms. The van der Waals surface area contributed by atoms with Crippen LogP contribution in [0.25, 0.3) is 0 Å². The zero-order valence-electron chi connectivity index (χ0n) is 10.1. The van der Waals surface area contributed by atoms with Crippen molar-refractivity contribution in [3.63, 3.8) is 0 Å². The van der Waals surface area contributed by atoms with Crippen molar-refractivity contribution < 1.29 is 9.90 Å². The number of carbonyl (C=O) groups is 1. The third-order valence-corrected chi connectivity index (χ3v) is 4.50. The van der Waals surface area contributed by atoms with E-state index < -0.39 is 5.97 Å². The first-order valence-electron chi connectivity index (χ1n) is 5.90. The van der Waals surface area contributed by atoms with Crippen molar-refractivity contribution in [2.45, 2.75) is 32.4 Å². The van der Waals surface area contributed by atoms with Crippen LogP contribution in [0.1, 0.15) is 24.0 Å². The van der Waals surface area contributed by atoms with E-state index in [-0.39, 0.29) is 6.04 Å². The molecule has 0 aromatic heterocycles. The van der Waals surface area contributed by atoms with Crippen molar-refractivity contribution in [1.29, 1.82) is 0 Å². The van der Waals surface area contributed by atoms with E-state index >= 15 is 0 Å². The second kappa shape index (κ2) is 5.59. The molecule has 1 aromatic carbocycles. The quantitative estimate of drug-likeness (QED) is 0.921. The molecule has 0 bridgehead atoms. The Labute approximate surface area is 120 Å². The van der Waals surface area contributed by atoms with Gasteiger partial charge in [-0.25, -0.2) is 0 Å². The van der Waals surface area contributed by atoms with E-state index in [1.54, 1.807) is 0 Å². The van der Waals surface area contributed by atoms with E-state index in [0.29, 0.717) is 6.54 Å². The SMILES string of the molecule is Cc1cc(Br)c(CN2CCCC2C(=O)O)cc1Cl. The maximum absolute atomic E-state index is 11.1. The van der Waals surface area contributed by atoms with E-state index in [1.165, 1.54) is 0 Å². The number of benzene rings is 1. The van der Waals surface area contributed by atoms with E-state index in [2.05, 4.69) is 15.9 Å². The van der Waals surface area contributed by atoms with Crippen molar-refractivity contribution >= 4 is 33.5 Å². The minimum absolute atomic E-state index is 0.364. The number of carboxylic acids is 1. The molecule has 1 aromatic rings. The van der Waals surface area contributed by atoms with Crippen LogP contribution in [0.15, 0.2) is 16.6 Å². The van der Waals surface area contributed by atoms with Crippen molar-refractivity contribution in [2.75, 3.05) is 6.54 Å². The minimum atomic E-state index is -0.734. The van der Waals surface area contributed by atoms with Gasteiger partial charge in [-0.3, -0.25) is 9.69 Å². The van der Waals surface area contributed by atoms with Gasteiger partial charge in [0.2, 0.25) is 0 Å². The van der Waals surface area contributed by atoms with Gasteiger partial charge >= 0.3 is 5.97 Å². The van der Waals surface area contributed by atoms with Crippen molar-refractivity contribution in [3.8, 4) is 0 Å². The predicted octanol–water partition coefficient (Wildman–Crippen LogP) is 3.46. The molecule has 1 saturated heterocycles. The number of aliphatic carboxylic acids is 1. The van der Waals surface area contributed by atoms with Gasteiger partial charge in [0.05, 0.1) is 0 Å². The van der Waals surface area contributed by atoms with E-state index in [1.807, 2.05) is 24.0 Å². The lowest BCUT2D eigenvalue weighted by molar-refractivity contribution is -0.142. The molecule has 1 aliphatic rings. The first kappa shape index (κ1) is 13.8. The van der Waals surface area contributed by atoms with Crippen molar-refractivity contribution in [2.24, 2.45) is 0 Å². The van der Waals surface area contributed by atoms with Gasteiger partial charge in [-0.1, -0.05) is 27.5 Å². The average molecular weight is 333 g/mol. The van der Waals surface area contributed by atoms with Crippen LogP contribution in [-0.2, 0) is 11.3 Å². The Morgan fingerprint density at radius 2 is 2.33 bits per heavy atom. The Morgan fingerprint density at radius 1 is 1.61 bits per heavy atom. The molecule has 1 aliphatic heterocycles. The number of rotatable bonds is 3. The molecular formula is C13H15BrClNO2. The standard InChI is InChI=1S/C13H15BrClNO2/c1-8-5-10(14)9(6-11(8)15)7-16-4-2-3-12(16)13(17)18/h5-6,12H,2-4,7H2,1H3,(H,17,18). The highest BCUT2D eigenvalue weighted by molar-refractivity contribution is 9.10. The highest BCUT2D eigenvalue weighted by Crippen LogP contribution is 2.28. The van der Waals surface area contributed by atoms with E-state index in [9.17, 15) is 4.79 Å². The summed E-state index contributed by atoms with van der Waals surface area (Å²) in [5.74, 6) is -0.734. The molecule has 1 atom stereocenters. The maximum atomic E-state index is 11.1. The topological polar surface area (TPSA) is 40.5 Å². The maximum Gasteiger partial charge on any atom is 0.320 e.